The van der Waals surface area contributed by atoms with Gasteiger partial charge in [-0.3, -0.25) is 9.48 Å². The predicted molar refractivity (Wildman–Crippen MR) is 79.5 cm³/mol. The van der Waals surface area contributed by atoms with Gasteiger partial charge in [-0.15, -0.1) is 0 Å². The number of nitrogens with zero attached hydrogens (tertiary/aromatic N) is 4. The van der Waals surface area contributed by atoms with Gasteiger partial charge in [0.1, 0.15) is 11.0 Å². The van der Waals surface area contributed by atoms with Crippen LogP contribution in [0.2, 0.25) is 0 Å². The third kappa shape index (κ3) is 2.93. The van der Waals surface area contributed by atoms with Crippen LogP contribution in [0, 0.1) is 0 Å². The first-order chi connectivity index (χ1) is 10.6. The lowest BCUT2D eigenvalue weighted by Gasteiger charge is -2.06. The molecule has 0 saturated heterocycles. The Morgan fingerprint density at radius 2 is 2.23 bits per heavy atom. The van der Waals surface area contributed by atoms with E-state index in [1.165, 1.54) is 17.1 Å². The molecule has 0 aliphatic rings. The second-order valence-corrected chi connectivity index (χ2v) is 4.99. The van der Waals surface area contributed by atoms with Gasteiger partial charge in [0, 0.05) is 13.2 Å². The molecule has 22 heavy (non-hydrogen) atoms. The van der Waals surface area contributed by atoms with E-state index in [0.717, 1.165) is 11.7 Å². The number of aryl methyl sites for hydroxylation is 1. The summed E-state index contributed by atoms with van der Waals surface area (Å²) in [6.07, 6.45) is 2.89. The van der Waals surface area contributed by atoms with Crippen LogP contribution in [0.25, 0.3) is 11.0 Å². The lowest BCUT2D eigenvalue weighted by Crippen LogP contribution is -2.21. The third-order valence-corrected chi connectivity index (χ3v) is 3.38. The first kappa shape index (κ1) is 14.1. The number of hydrogen-bond donors (Lipinski definition) is 1. The molecule has 0 bridgehead atoms. The number of anilines is 1. The molecule has 112 valence electrons. The first-order valence-electron chi connectivity index (χ1n) is 6.30. The maximum atomic E-state index is 11.9. The fourth-order valence-electron chi connectivity index (χ4n) is 1.83. The molecule has 0 radical (unpaired) electrons. The molecule has 3 rings (SSSR count). The van der Waals surface area contributed by atoms with Gasteiger partial charge in [-0.2, -0.15) is 13.8 Å². The van der Waals surface area contributed by atoms with E-state index < -0.39 is 11.9 Å². The number of aromatic nitrogens is 4. The van der Waals surface area contributed by atoms with Gasteiger partial charge in [0.2, 0.25) is 0 Å². The largest absolute Gasteiger partial charge is 0.452 e. The first-order valence-corrected chi connectivity index (χ1v) is 7.03. The highest BCUT2D eigenvalue weighted by Crippen LogP contribution is 2.20. The zero-order valence-electron chi connectivity index (χ0n) is 11.5. The maximum Gasteiger partial charge on any atom is 0.341 e. The summed E-state index contributed by atoms with van der Waals surface area (Å²) in [5.74, 6) is -1.05. The van der Waals surface area contributed by atoms with E-state index >= 15 is 0 Å². The number of esters is 1. The van der Waals surface area contributed by atoms with Crippen molar-refractivity contribution in [3.8, 4) is 0 Å². The molecule has 0 saturated carbocycles. The van der Waals surface area contributed by atoms with E-state index in [1.54, 1.807) is 25.2 Å². The number of ether oxygens (including phenoxy) is 1. The SMILES string of the molecule is Cn1cc(C(=O)OCC(=O)Nc2cccc3nsnc23)cn1. The lowest BCUT2D eigenvalue weighted by atomic mass is 10.2. The van der Waals surface area contributed by atoms with Crippen molar-refractivity contribution in [2.75, 3.05) is 11.9 Å². The van der Waals surface area contributed by atoms with Crippen LogP contribution < -0.4 is 5.32 Å². The number of rotatable bonds is 4. The number of hydrogen-bond acceptors (Lipinski definition) is 7. The van der Waals surface area contributed by atoms with Crippen molar-refractivity contribution in [3.63, 3.8) is 0 Å². The summed E-state index contributed by atoms with van der Waals surface area (Å²) < 4.78 is 14.6. The van der Waals surface area contributed by atoms with E-state index in [9.17, 15) is 9.59 Å². The Kier molecular flexibility index (Phi) is 3.79. The minimum atomic E-state index is -0.600. The highest BCUT2D eigenvalue weighted by atomic mass is 32.1. The molecule has 0 fully saturated rings. The Bertz CT molecular complexity index is 841. The lowest BCUT2D eigenvalue weighted by molar-refractivity contribution is -0.119. The number of fused-ring (bicyclic) bond motifs is 1. The molecule has 0 atom stereocenters. The Labute approximate surface area is 129 Å². The van der Waals surface area contributed by atoms with Crippen LogP contribution in [0.3, 0.4) is 0 Å². The molecule has 3 aromatic rings. The number of amides is 1. The number of nitrogens with one attached hydrogen (secondary N) is 1. The molecule has 0 spiro atoms. The summed E-state index contributed by atoms with van der Waals surface area (Å²) >= 11 is 1.07. The standard InChI is InChI=1S/C13H11N5O3S/c1-18-6-8(5-14-18)13(20)21-7-11(19)15-9-3-2-4-10-12(9)17-22-16-10/h2-6H,7H2,1H3,(H,15,19). The molecule has 0 aliphatic heterocycles. The molecular weight excluding hydrogens is 306 g/mol. The van der Waals surface area contributed by atoms with Gasteiger partial charge in [-0.05, 0) is 12.1 Å². The molecular formula is C13H11N5O3S. The van der Waals surface area contributed by atoms with Gasteiger partial charge < -0.3 is 10.1 Å². The van der Waals surface area contributed by atoms with E-state index in [2.05, 4.69) is 19.2 Å². The second-order valence-electron chi connectivity index (χ2n) is 4.46. The molecule has 8 nitrogen and oxygen atoms in total. The minimum Gasteiger partial charge on any atom is -0.452 e. The number of benzene rings is 1. The van der Waals surface area contributed by atoms with E-state index in [-0.39, 0.29) is 6.61 Å². The van der Waals surface area contributed by atoms with Gasteiger partial charge >= 0.3 is 5.97 Å². The Morgan fingerprint density at radius 1 is 1.36 bits per heavy atom. The Morgan fingerprint density at radius 3 is 3.00 bits per heavy atom. The molecule has 1 N–H and O–H groups in total. The van der Waals surface area contributed by atoms with E-state index in [1.807, 2.05) is 0 Å². The van der Waals surface area contributed by atoms with Gasteiger partial charge in [0.25, 0.3) is 5.91 Å². The molecule has 1 aromatic carbocycles. The Hall–Kier alpha value is -2.81. The van der Waals surface area contributed by atoms with Crippen LogP contribution in [-0.2, 0) is 16.6 Å². The Balaban J connectivity index is 1.61. The topological polar surface area (TPSA) is 99.0 Å². The maximum absolute atomic E-state index is 11.9. The summed E-state index contributed by atoms with van der Waals surface area (Å²) in [7, 11) is 1.69. The average Bonchev–Trinajstić information content (AvgIpc) is 3.14. The van der Waals surface area contributed by atoms with Crippen LogP contribution in [0.1, 0.15) is 10.4 Å². The smallest absolute Gasteiger partial charge is 0.341 e. The van der Waals surface area contributed by atoms with Crippen molar-refractivity contribution in [1.29, 1.82) is 0 Å². The molecule has 9 heteroatoms. The molecule has 0 aliphatic carbocycles. The monoisotopic (exact) mass is 317 g/mol. The van der Waals surface area contributed by atoms with Crippen molar-refractivity contribution in [2.45, 2.75) is 0 Å². The zero-order chi connectivity index (χ0) is 15.5. The van der Waals surface area contributed by atoms with Crippen molar-refractivity contribution < 1.29 is 14.3 Å². The summed E-state index contributed by atoms with van der Waals surface area (Å²) in [4.78, 5) is 23.6. The van der Waals surface area contributed by atoms with E-state index in [4.69, 9.17) is 4.74 Å². The van der Waals surface area contributed by atoms with Gasteiger partial charge in [0.15, 0.2) is 6.61 Å². The molecule has 2 aromatic heterocycles. The van der Waals surface area contributed by atoms with Crippen LogP contribution >= 0.6 is 11.7 Å². The summed E-state index contributed by atoms with van der Waals surface area (Å²) in [5, 5.41) is 6.51. The number of carbonyl (C=O) groups is 2. The highest BCUT2D eigenvalue weighted by Gasteiger charge is 2.13. The van der Waals surface area contributed by atoms with Crippen molar-refractivity contribution >= 4 is 40.3 Å². The van der Waals surface area contributed by atoms with Crippen LogP contribution in [0.15, 0.2) is 30.6 Å². The predicted octanol–water partition coefficient (Wildman–Crippen LogP) is 1.22. The molecule has 1 amide bonds. The summed E-state index contributed by atoms with van der Waals surface area (Å²) in [6.45, 7) is -0.387. The van der Waals surface area contributed by atoms with Crippen LogP contribution in [0.4, 0.5) is 5.69 Å². The second kappa shape index (κ2) is 5.90. The van der Waals surface area contributed by atoms with Crippen LogP contribution in [0.5, 0.6) is 0 Å². The fraction of sp³-hybridized carbons (Fsp3) is 0.154. The zero-order valence-corrected chi connectivity index (χ0v) is 12.3. The van der Waals surface area contributed by atoms with E-state index in [0.29, 0.717) is 22.3 Å². The quantitative estimate of drug-likeness (QED) is 0.726. The normalized spacial score (nSPS) is 10.6. The summed E-state index contributed by atoms with van der Waals surface area (Å²) in [5.41, 5.74) is 2.14. The molecule has 2 heterocycles. The highest BCUT2D eigenvalue weighted by molar-refractivity contribution is 7.00. The van der Waals surface area contributed by atoms with Crippen LogP contribution in [-0.4, -0.2) is 37.0 Å². The van der Waals surface area contributed by atoms with Crippen molar-refractivity contribution in [3.05, 3.63) is 36.2 Å². The van der Waals surface area contributed by atoms with Gasteiger partial charge in [-0.25, -0.2) is 4.79 Å². The number of carbonyl (C=O) groups excluding carboxylic acids is 2. The van der Waals surface area contributed by atoms with Crippen molar-refractivity contribution in [2.24, 2.45) is 7.05 Å². The third-order valence-electron chi connectivity index (χ3n) is 2.84. The average molecular weight is 317 g/mol. The van der Waals surface area contributed by atoms with Crippen molar-refractivity contribution in [1.82, 2.24) is 18.5 Å². The fourth-order valence-corrected chi connectivity index (χ4v) is 2.38. The molecule has 0 unspecified atom stereocenters. The van der Waals surface area contributed by atoms with Gasteiger partial charge in [-0.1, -0.05) is 6.07 Å². The van der Waals surface area contributed by atoms with Gasteiger partial charge in [0.05, 0.1) is 29.2 Å². The summed E-state index contributed by atoms with van der Waals surface area (Å²) in [6, 6.07) is 5.28. The minimum absolute atomic E-state index is 0.293.